The van der Waals surface area contributed by atoms with Gasteiger partial charge in [0.15, 0.2) is 0 Å². The van der Waals surface area contributed by atoms with Gasteiger partial charge in [-0.3, -0.25) is 4.79 Å². The van der Waals surface area contributed by atoms with Crippen LogP contribution in [0, 0.1) is 0 Å². The minimum atomic E-state index is -0.725. The molecule has 98 valence electrons. The minimum absolute atomic E-state index is 0.104. The summed E-state index contributed by atoms with van der Waals surface area (Å²) in [7, 11) is 0. The number of para-hydroxylation sites is 1. The van der Waals surface area contributed by atoms with Gasteiger partial charge in [-0.1, -0.05) is 18.2 Å². The lowest BCUT2D eigenvalue weighted by atomic mass is 9.98. The average Bonchev–Trinajstić information content (AvgIpc) is 2.99. The van der Waals surface area contributed by atoms with Gasteiger partial charge >= 0.3 is 5.97 Å². The maximum Gasteiger partial charge on any atom is 0.304 e. The SMILES string of the molecule is O=C(O)CC1CN(Cc2ccsc2)c2ccccc21. The Kier molecular flexibility index (Phi) is 3.25. The highest BCUT2D eigenvalue weighted by Gasteiger charge is 2.29. The predicted octanol–water partition coefficient (Wildman–Crippen LogP) is 3.33. The number of carbonyl (C=O) groups is 1. The molecule has 0 saturated heterocycles. The van der Waals surface area contributed by atoms with Crippen LogP contribution in [0.1, 0.15) is 23.5 Å². The number of anilines is 1. The number of nitrogens with zero attached hydrogens (tertiary/aromatic N) is 1. The van der Waals surface area contributed by atoms with Crippen molar-refractivity contribution in [2.24, 2.45) is 0 Å². The van der Waals surface area contributed by atoms with Crippen molar-refractivity contribution in [2.75, 3.05) is 11.4 Å². The zero-order valence-electron chi connectivity index (χ0n) is 10.5. The molecule has 3 nitrogen and oxygen atoms in total. The van der Waals surface area contributed by atoms with Gasteiger partial charge in [0, 0.05) is 24.7 Å². The van der Waals surface area contributed by atoms with Crippen molar-refractivity contribution >= 4 is 23.0 Å². The summed E-state index contributed by atoms with van der Waals surface area (Å²) in [5.41, 5.74) is 3.64. The van der Waals surface area contributed by atoms with E-state index in [9.17, 15) is 4.79 Å². The summed E-state index contributed by atoms with van der Waals surface area (Å²) < 4.78 is 0. The van der Waals surface area contributed by atoms with Crippen LogP contribution in [-0.4, -0.2) is 17.6 Å². The van der Waals surface area contributed by atoms with Crippen LogP contribution in [0.15, 0.2) is 41.1 Å². The fourth-order valence-electron chi connectivity index (χ4n) is 2.72. The molecule has 1 aliphatic heterocycles. The Morgan fingerprint density at radius 2 is 2.21 bits per heavy atom. The van der Waals surface area contributed by atoms with Crippen molar-refractivity contribution in [2.45, 2.75) is 18.9 Å². The van der Waals surface area contributed by atoms with Crippen LogP contribution < -0.4 is 4.90 Å². The molecule has 1 N–H and O–H groups in total. The van der Waals surface area contributed by atoms with E-state index in [0.29, 0.717) is 0 Å². The Bertz CT molecular complexity index is 580. The number of fused-ring (bicyclic) bond motifs is 1. The van der Waals surface area contributed by atoms with Crippen LogP contribution in [0.2, 0.25) is 0 Å². The van der Waals surface area contributed by atoms with Crippen LogP contribution >= 0.6 is 11.3 Å². The molecule has 1 aromatic heterocycles. The standard InChI is InChI=1S/C15H15NO2S/c17-15(18)7-12-9-16(8-11-5-6-19-10-11)14-4-2-1-3-13(12)14/h1-6,10,12H,7-9H2,(H,17,18). The highest BCUT2D eigenvalue weighted by Crippen LogP contribution is 2.38. The molecule has 4 heteroatoms. The maximum absolute atomic E-state index is 11.0. The molecule has 1 atom stereocenters. The zero-order chi connectivity index (χ0) is 13.2. The normalized spacial score (nSPS) is 17.5. The fourth-order valence-corrected chi connectivity index (χ4v) is 3.38. The van der Waals surface area contributed by atoms with Gasteiger partial charge in [0.05, 0.1) is 6.42 Å². The first kappa shape index (κ1) is 12.2. The molecule has 3 rings (SSSR count). The summed E-state index contributed by atoms with van der Waals surface area (Å²) in [5.74, 6) is -0.621. The van der Waals surface area contributed by atoms with Gasteiger partial charge in [-0.25, -0.2) is 0 Å². The molecule has 19 heavy (non-hydrogen) atoms. The molecule has 1 unspecified atom stereocenters. The molecule has 0 amide bonds. The van der Waals surface area contributed by atoms with E-state index in [2.05, 4.69) is 33.9 Å². The largest absolute Gasteiger partial charge is 0.481 e. The second-order valence-corrected chi connectivity index (χ2v) is 5.65. The van der Waals surface area contributed by atoms with E-state index < -0.39 is 5.97 Å². The summed E-state index contributed by atoms with van der Waals surface area (Å²) in [4.78, 5) is 13.3. The van der Waals surface area contributed by atoms with E-state index in [1.807, 2.05) is 12.1 Å². The Balaban J connectivity index is 1.86. The van der Waals surface area contributed by atoms with Crippen LogP contribution in [-0.2, 0) is 11.3 Å². The van der Waals surface area contributed by atoms with Crippen molar-refractivity contribution in [3.05, 3.63) is 52.2 Å². The number of thiophene rings is 1. The molecule has 0 spiro atoms. The molecule has 0 fully saturated rings. The number of hydrogen-bond donors (Lipinski definition) is 1. The Labute approximate surface area is 116 Å². The number of rotatable bonds is 4. The van der Waals surface area contributed by atoms with E-state index in [1.54, 1.807) is 11.3 Å². The van der Waals surface area contributed by atoms with Gasteiger partial charge in [0.1, 0.15) is 0 Å². The van der Waals surface area contributed by atoms with Gasteiger partial charge in [0.25, 0.3) is 0 Å². The molecule has 1 aromatic carbocycles. The number of carboxylic acids is 1. The molecule has 0 bridgehead atoms. The van der Waals surface area contributed by atoms with Crippen molar-refractivity contribution in [1.82, 2.24) is 0 Å². The number of benzene rings is 1. The Hall–Kier alpha value is -1.81. The number of hydrogen-bond acceptors (Lipinski definition) is 3. The molecular formula is C15H15NO2S. The van der Waals surface area contributed by atoms with Gasteiger partial charge < -0.3 is 10.0 Å². The van der Waals surface area contributed by atoms with E-state index >= 15 is 0 Å². The molecule has 2 aromatic rings. The van der Waals surface area contributed by atoms with Crippen molar-refractivity contribution in [3.63, 3.8) is 0 Å². The molecule has 0 radical (unpaired) electrons. The summed E-state index contributed by atoms with van der Waals surface area (Å²) in [5, 5.41) is 13.2. The highest BCUT2D eigenvalue weighted by atomic mass is 32.1. The Morgan fingerprint density at radius 3 is 2.95 bits per heavy atom. The highest BCUT2D eigenvalue weighted by molar-refractivity contribution is 7.07. The van der Waals surface area contributed by atoms with Crippen molar-refractivity contribution < 1.29 is 9.90 Å². The monoisotopic (exact) mass is 273 g/mol. The first-order valence-electron chi connectivity index (χ1n) is 6.31. The fraction of sp³-hybridized carbons (Fsp3) is 0.267. The molecule has 0 saturated carbocycles. The topological polar surface area (TPSA) is 40.5 Å². The van der Waals surface area contributed by atoms with Gasteiger partial charge in [-0.15, -0.1) is 0 Å². The van der Waals surface area contributed by atoms with Crippen LogP contribution in [0.5, 0.6) is 0 Å². The Morgan fingerprint density at radius 1 is 1.37 bits per heavy atom. The predicted molar refractivity (Wildman–Crippen MR) is 76.8 cm³/mol. The molecule has 2 heterocycles. The summed E-state index contributed by atoms with van der Waals surface area (Å²) >= 11 is 1.69. The van der Waals surface area contributed by atoms with E-state index in [0.717, 1.165) is 13.1 Å². The lowest BCUT2D eigenvalue weighted by molar-refractivity contribution is -0.137. The van der Waals surface area contributed by atoms with E-state index in [1.165, 1.54) is 16.8 Å². The third-order valence-corrected chi connectivity index (χ3v) is 4.26. The van der Waals surface area contributed by atoms with E-state index in [-0.39, 0.29) is 12.3 Å². The average molecular weight is 273 g/mol. The van der Waals surface area contributed by atoms with Crippen LogP contribution in [0.3, 0.4) is 0 Å². The van der Waals surface area contributed by atoms with Crippen molar-refractivity contribution in [3.8, 4) is 0 Å². The van der Waals surface area contributed by atoms with Gasteiger partial charge in [0.2, 0.25) is 0 Å². The number of aliphatic carboxylic acids is 1. The third kappa shape index (κ3) is 2.49. The van der Waals surface area contributed by atoms with E-state index in [4.69, 9.17) is 5.11 Å². The lowest BCUT2D eigenvalue weighted by Crippen LogP contribution is -2.21. The molecule has 0 aliphatic carbocycles. The minimum Gasteiger partial charge on any atom is -0.481 e. The number of carboxylic acid groups (broad SMARTS) is 1. The first-order chi connectivity index (χ1) is 9.24. The second kappa shape index (κ2) is 5.05. The van der Waals surface area contributed by atoms with Gasteiger partial charge in [-0.2, -0.15) is 11.3 Å². The quantitative estimate of drug-likeness (QED) is 0.929. The van der Waals surface area contributed by atoms with Gasteiger partial charge in [-0.05, 0) is 34.0 Å². The van der Waals surface area contributed by atoms with Crippen molar-refractivity contribution in [1.29, 1.82) is 0 Å². The summed E-state index contributed by atoms with van der Waals surface area (Å²) in [6.07, 6.45) is 0.206. The molecular weight excluding hydrogens is 258 g/mol. The molecule has 1 aliphatic rings. The van der Waals surface area contributed by atoms with Crippen LogP contribution in [0.25, 0.3) is 0 Å². The lowest BCUT2D eigenvalue weighted by Gasteiger charge is -2.19. The second-order valence-electron chi connectivity index (χ2n) is 4.87. The van der Waals surface area contributed by atoms with Crippen LogP contribution in [0.4, 0.5) is 5.69 Å². The zero-order valence-corrected chi connectivity index (χ0v) is 11.3. The maximum atomic E-state index is 11.0. The smallest absolute Gasteiger partial charge is 0.304 e. The first-order valence-corrected chi connectivity index (χ1v) is 7.25. The summed E-state index contributed by atoms with van der Waals surface area (Å²) in [6, 6.07) is 10.3. The third-order valence-electron chi connectivity index (χ3n) is 3.53. The summed E-state index contributed by atoms with van der Waals surface area (Å²) in [6.45, 7) is 1.65.